The fourth-order valence-electron chi connectivity index (χ4n) is 2.83. The summed E-state index contributed by atoms with van der Waals surface area (Å²) >= 11 is 0. The molecule has 1 amide bonds. The van der Waals surface area contributed by atoms with Crippen LogP contribution in [0.3, 0.4) is 0 Å². The van der Waals surface area contributed by atoms with Gasteiger partial charge in [0.25, 0.3) is 0 Å². The summed E-state index contributed by atoms with van der Waals surface area (Å²) in [7, 11) is 1.59. The number of aryl methyl sites for hydroxylation is 1. The smallest absolute Gasteiger partial charge is 0.316 e. The van der Waals surface area contributed by atoms with Gasteiger partial charge in [-0.2, -0.15) is 10.1 Å². The summed E-state index contributed by atoms with van der Waals surface area (Å²) in [6.07, 6.45) is 1.70. The van der Waals surface area contributed by atoms with E-state index in [-0.39, 0.29) is 17.5 Å². The van der Waals surface area contributed by atoms with Gasteiger partial charge in [-0.25, -0.2) is 9.07 Å². The average molecular weight is 407 g/mol. The molecule has 0 spiro atoms. The van der Waals surface area contributed by atoms with Crippen molar-refractivity contribution in [2.45, 2.75) is 13.5 Å². The molecule has 30 heavy (non-hydrogen) atoms. The van der Waals surface area contributed by atoms with E-state index in [0.717, 1.165) is 11.3 Å². The van der Waals surface area contributed by atoms with E-state index in [1.807, 2.05) is 24.3 Å². The van der Waals surface area contributed by atoms with Crippen molar-refractivity contribution in [2.24, 2.45) is 0 Å². The van der Waals surface area contributed by atoms with Gasteiger partial charge in [-0.05, 0) is 48.9 Å². The number of carbonyl (C=O) groups is 1. The Balaban J connectivity index is 1.46. The third kappa shape index (κ3) is 4.04. The third-order valence-electron chi connectivity index (χ3n) is 4.46. The molecule has 0 fully saturated rings. The molecule has 0 saturated heterocycles. The molecule has 2 aromatic heterocycles. The van der Waals surface area contributed by atoms with E-state index in [9.17, 15) is 9.18 Å². The summed E-state index contributed by atoms with van der Waals surface area (Å²) < 4.78 is 24.9. The average Bonchev–Trinajstić information content (AvgIpc) is 3.40. The van der Waals surface area contributed by atoms with Crippen molar-refractivity contribution in [3.05, 3.63) is 77.7 Å². The number of carbonyl (C=O) groups excluding carboxylic acids is 1. The van der Waals surface area contributed by atoms with Crippen LogP contribution >= 0.6 is 0 Å². The molecule has 0 radical (unpaired) electrons. The maximum Gasteiger partial charge on any atom is 0.316 e. The first-order chi connectivity index (χ1) is 14.5. The summed E-state index contributed by atoms with van der Waals surface area (Å²) in [5, 5.41) is 11.0. The Bertz CT molecular complexity index is 1170. The minimum Gasteiger partial charge on any atom is -0.497 e. The topological polar surface area (TPSA) is 95.1 Å². The Kier molecular flexibility index (Phi) is 5.25. The minimum absolute atomic E-state index is 0.146. The number of amides is 1. The van der Waals surface area contributed by atoms with Gasteiger partial charge in [-0.1, -0.05) is 17.3 Å². The van der Waals surface area contributed by atoms with E-state index in [4.69, 9.17) is 9.26 Å². The molecule has 2 aromatic carbocycles. The van der Waals surface area contributed by atoms with Crippen LogP contribution in [0.15, 0.2) is 59.3 Å². The molecule has 0 saturated carbocycles. The van der Waals surface area contributed by atoms with Crippen LogP contribution in [0.25, 0.3) is 17.1 Å². The third-order valence-corrected chi connectivity index (χ3v) is 4.46. The number of rotatable bonds is 6. The van der Waals surface area contributed by atoms with Crippen molar-refractivity contribution >= 4 is 5.91 Å². The second-order valence-corrected chi connectivity index (χ2v) is 6.50. The zero-order chi connectivity index (χ0) is 21.1. The van der Waals surface area contributed by atoms with Crippen molar-refractivity contribution in [3.63, 3.8) is 0 Å². The maximum atomic E-state index is 13.1. The number of aromatic nitrogens is 4. The number of nitrogens with zero attached hydrogens (tertiary/aromatic N) is 4. The molecule has 4 aromatic rings. The number of hydrogen-bond donors (Lipinski definition) is 1. The van der Waals surface area contributed by atoms with E-state index in [1.165, 1.54) is 12.1 Å². The van der Waals surface area contributed by atoms with Crippen molar-refractivity contribution in [1.82, 2.24) is 25.2 Å². The largest absolute Gasteiger partial charge is 0.497 e. The van der Waals surface area contributed by atoms with Gasteiger partial charge in [0.15, 0.2) is 0 Å². The Morgan fingerprint density at radius 3 is 2.60 bits per heavy atom. The molecule has 1 N–H and O–H groups in total. The molecule has 4 rings (SSSR count). The fourth-order valence-corrected chi connectivity index (χ4v) is 2.83. The minimum atomic E-state index is -0.479. The van der Waals surface area contributed by atoms with Gasteiger partial charge in [0.05, 0.1) is 24.1 Å². The molecule has 0 unspecified atom stereocenters. The van der Waals surface area contributed by atoms with Gasteiger partial charge >= 0.3 is 11.8 Å². The zero-order valence-corrected chi connectivity index (χ0v) is 16.3. The molecule has 0 aliphatic rings. The highest BCUT2D eigenvalue weighted by Gasteiger charge is 2.19. The fraction of sp³-hybridized carbons (Fsp3) is 0.143. The molecule has 9 heteroatoms. The van der Waals surface area contributed by atoms with E-state index in [1.54, 1.807) is 37.0 Å². The lowest BCUT2D eigenvalue weighted by molar-refractivity contribution is 0.0907. The summed E-state index contributed by atoms with van der Waals surface area (Å²) in [6, 6.07) is 13.3. The van der Waals surface area contributed by atoms with Crippen molar-refractivity contribution < 1.29 is 18.4 Å². The Morgan fingerprint density at radius 1 is 1.17 bits per heavy atom. The van der Waals surface area contributed by atoms with Gasteiger partial charge in [-0.15, -0.1) is 0 Å². The summed E-state index contributed by atoms with van der Waals surface area (Å²) in [6.45, 7) is 2.09. The first-order valence-corrected chi connectivity index (χ1v) is 9.11. The van der Waals surface area contributed by atoms with Crippen LogP contribution in [0, 0.1) is 12.7 Å². The summed E-state index contributed by atoms with van der Waals surface area (Å²) in [4.78, 5) is 16.5. The van der Waals surface area contributed by atoms with Crippen molar-refractivity contribution in [1.29, 1.82) is 0 Å². The highest BCUT2D eigenvalue weighted by atomic mass is 19.1. The Hall–Kier alpha value is -4.01. The van der Waals surface area contributed by atoms with Crippen molar-refractivity contribution in [3.8, 4) is 22.8 Å². The first kappa shape index (κ1) is 19.3. The van der Waals surface area contributed by atoms with Crippen LogP contribution in [0.1, 0.15) is 21.9 Å². The monoisotopic (exact) mass is 407 g/mol. The standard InChI is InChI=1S/C21H18FN5O3/c1-13-18(12-27(25-13)16-7-5-15(22)6-8-16)19-24-21(30-26-19)20(28)23-11-14-3-9-17(29-2)10-4-14/h3-10,12H,11H2,1-2H3,(H,23,28). The van der Waals surface area contributed by atoms with Gasteiger partial charge < -0.3 is 14.6 Å². The lowest BCUT2D eigenvalue weighted by Gasteiger charge is -2.04. The van der Waals surface area contributed by atoms with E-state index >= 15 is 0 Å². The van der Waals surface area contributed by atoms with Crippen LogP contribution in [0.4, 0.5) is 4.39 Å². The highest BCUT2D eigenvalue weighted by Crippen LogP contribution is 2.21. The van der Waals surface area contributed by atoms with E-state index in [0.29, 0.717) is 23.5 Å². The number of ether oxygens (including phenoxy) is 1. The van der Waals surface area contributed by atoms with Gasteiger partial charge in [0, 0.05) is 12.7 Å². The normalized spacial score (nSPS) is 10.8. The lowest BCUT2D eigenvalue weighted by atomic mass is 10.2. The van der Waals surface area contributed by atoms with Crippen LogP contribution in [0.2, 0.25) is 0 Å². The number of methoxy groups -OCH3 is 1. The lowest BCUT2D eigenvalue weighted by Crippen LogP contribution is -2.23. The summed E-state index contributed by atoms with van der Waals surface area (Å²) in [5.41, 5.74) is 2.84. The van der Waals surface area contributed by atoms with Gasteiger partial charge in [0.1, 0.15) is 11.6 Å². The molecule has 0 bridgehead atoms. The highest BCUT2D eigenvalue weighted by molar-refractivity contribution is 5.89. The molecule has 8 nitrogen and oxygen atoms in total. The van der Waals surface area contributed by atoms with Gasteiger partial charge in [-0.3, -0.25) is 4.79 Å². The molecule has 0 aliphatic heterocycles. The van der Waals surface area contributed by atoms with Crippen LogP contribution in [0.5, 0.6) is 5.75 Å². The second kappa shape index (κ2) is 8.16. The summed E-state index contributed by atoms with van der Waals surface area (Å²) in [5.74, 6) is 0.0329. The van der Waals surface area contributed by atoms with Crippen LogP contribution < -0.4 is 10.1 Å². The number of nitrogens with one attached hydrogen (secondary N) is 1. The van der Waals surface area contributed by atoms with E-state index in [2.05, 4.69) is 20.6 Å². The number of halogens is 1. The number of hydrogen-bond acceptors (Lipinski definition) is 6. The predicted molar refractivity (Wildman–Crippen MR) is 106 cm³/mol. The molecule has 0 atom stereocenters. The van der Waals surface area contributed by atoms with Crippen LogP contribution in [-0.2, 0) is 6.54 Å². The maximum absolute atomic E-state index is 13.1. The van der Waals surface area contributed by atoms with Crippen LogP contribution in [-0.4, -0.2) is 32.9 Å². The zero-order valence-electron chi connectivity index (χ0n) is 16.3. The van der Waals surface area contributed by atoms with Crippen molar-refractivity contribution in [2.75, 3.05) is 7.11 Å². The first-order valence-electron chi connectivity index (χ1n) is 9.11. The molecule has 152 valence electrons. The van der Waals surface area contributed by atoms with E-state index < -0.39 is 5.91 Å². The van der Waals surface area contributed by atoms with Gasteiger partial charge in [0.2, 0.25) is 5.82 Å². The molecule has 0 aliphatic carbocycles. The predicted octanol–water partition coefficient (Wildman–Crippen LogP) is 3.31. The SMILES string of the molecule is COc1ccc(CNC(=O)c2nc(-c3cn(-c4ccc(F)cc4)nc3C)no2)cc1. The molecular weight excluding hydrogens is 389 g/mol. The second-order valence-electron chi connectivity index (χ2n) is 6.50. The molecular formula is C21H18FN5O3. The quantitative estimate of drug-likeness (QED) is 0.527. The Morgan fingerprint density at radius 2 is 1.90 bits per heavy atom. The Labute approximate surface area is 171 Å². The molecule has 2 heterocycles. The number of benzene rings is 2.